The number of rotatable bonds is 8. The number of amides is 1. The summed E-state index contributed by atoms with van der Waals surface area (Å²) in [4.78, 5) is 22.8. The van der Waals surface area contributed by atoms with E-state index in [0.717, 1.165) is 12.5 Å². The van der Waals surface area contributed by atoms with Crippen LogP contribution in [0.2, 0.25) is 0 Å². The summed E-state index contributed by atoms with van der Waals surface area (Å²) in [6.45, 7) is 1.93. The molecule has 5 nitrogen and oxygen atoms in total. The summed E-state index contributed by atoms with van der Waals surface area (Å²) in [5, 5.41) is 21.3. The molecule has 21 heavy (non-hydrogen) atoms. The molecule has 0 aliphatic heterocycles. The number of nitrogens with one attached hydrogen (secondary N) is 1. The monoisotopic (exact) mass is 297 g/mol. The number of aliphatic hydroxyl groups is 1. The van der Waals surface area contributed by atoms with E-state index in [4.69, 9.17) is 5.11 Å². The van der Waals surface area contributed by atoms with E-state index in [1.54, 1.807) is 0 Å². The van der Waals surface area contributed by atoms with Crippen LogP contribution in [0.3, 0.4) is 0 Å². The van der Waals surface area contributed by atoms with Crippen LogP contribution in [-0.2, 0) is 9.59 Å². The normalized spacial score (nSPS) is 13.5. The third-order valence-electron chi connectivity index (χ3n) is 3.09. The number of unbranched alkanes of at least 4 members (excludes halogenated alkanes) is 1. The van der Waals surface area contributed by atoms with Crippen LogP contribution in [0.15, 0.2) is 24.3 Å². The lowest BCUT2D eigenvalue weighted by Crippen LogP contribution is -2.41. The second kappa shape index (κ2) is 8.36. The van der Waals surface area contributed by atoms with E-state index in [-0.39, 0.29) is 12.0 Å². The molecule has 0 aliphatic rings. The minimum Gasteiger partial charge on any atom is -0.480 e. The Bertz CT molecular complexity index is 492. The molecular formula is C15H20FNO4. The van der Waals surface area contributed by atoms with Gasteiger partial charge in [-0.3, -0.25) is 4.79 Å². The second-order valence-corrected chi connectivity index (χ2v) is 4.88. The van der Waals surface area contributed by atoms with Crippen molar-refractivity contribution in [3.63, 3.8) is 0 Å². The van der Waals surface area contributed by atoms with Gasteiger partial charge in [-0.25, -0.2) is 9.18 Å². The maximum atomic E-state index is 13.0. The van der Waals surface area contributed by atoms with Crippen molar-refractivity contribution in [3.8, 4) is 0 Å². The molecule has 0 saturated heterocycles. The van der Waals surface area contributed by atoms with Crippen LogP contribution in [0.1, 0.15) is 44.3 Å². The van der Waals surface area contributed by atoms with Crippen molar-refractivity contribution in [2.75, 3.05) is 0 Å². The summed E-state index contributed by atoms with van der Waals surface area (Å²) >= 11 is 0. The molecule has 0 aromatic heterocycles. The molecule has 0 saturated carbocycles. The number of hydrogen-bond acceptors (Lipinski definition) is 3. The van der Waals surface area contributed by atoms with Crippen LogP contribution in [0.5, 0.6) is 0 Å². The van der Waals surface area contributed by atoms with Crippen molar-refractivity contribution < 1.29 is 24.2 Å². The van der Waals surface area contributed by atoms with Gasteiger partial charge < -0.3 is 15.5 Å². The number of aliphatic carboxylic acids is 1. The Morgan fingerprint density at radius 2 is 2.10 bits per heavy atom. The maximum absolute atomic E-state index is 13.0. The van der Waals surface area contributed by atoms with Gasteiger partial charge in [0.05, 0.1) is 12.5 Å². The van der Waals surface area contributed by atoms with Gasteiger partial charge in [0.1, 0.15) is 11.9 Å². The molecule has 0 bridgehead atoms. The number of halogens is 1. The van der Waals surface area contributed by atoms with Crippen molar-refractivity contribution in [1.29, 1.82) is 0 Å². The van der Waals surface area contributed by atoms with E-state index in [2.05, 4.69) is 5.32 Å². The highest BCUT2D eigenvalue weighted by Crippen LogP contribution is 2.17. The third-order valence-corrected chi connectivity index (χ3v) is 3.09. The summed E-state index contributed by atoms with van der Waals surface area (Å²) in [5.41, 5.74) is 0.283. The Balaban J connectivity index is 2.57. The highest BCUT2D eigenvalue weighted by atomic mass is 19.1. The van der Waals surface area contributed by atoms with E-state index in [1.165, 1.54) is 18.2 Å². The largest absolute Gasteiger partial charge is 0.480 e. The van der Waals surface area contributed by atoms with Gasteiger partial charge in [0.2, 0.25) is 5.91 Å². The molecule has 1 amide bonds. The zero-order valence-corrected chi connectivity index (χ0v) is 11.9. The third kappa shape index (κ3) is 5.91. The lowest BCUT2D eigenvalue weighted by Gasteiger charge is -2.16. The van der Waals surface area contributed by atoms with Crippen LogP contribution in [0.4, 0.5) is 4.39 Å². The maximum Gasteiger partial charge on any atom is 0.326 e. The fraction of sp³-hybridized carbons (Fsp3) is 0.467. The molecule has 0 aliphatic carbocycles. The van der Waals surface area contributed by atoms with Crippen LogP contribution in [0.25, 0.3) is 0 Å². The van der Waals surface area contributed by atoms with Crippen molar-refractivity contribution >= 4 is 11.9 Å². The van der Waals surface area contributed by atoms with Gasteiger partial charge >= 0.3 is 5.97 Å². The first kappa shape index (κ1) is 17.1. The van der Waals surface area contributed by atoms with E-state index in [1.807, 2.05) is 6.92 Å². The second-order valence-electron chi connectivity index (χ2n) is 4.88. The van der Waals surface area contributed by atoms with Crippen LogP contribution >= 0.6 is 0 Å². The SMILES string of the molecule is CCCC[C@H](NC(=O)CC(O)c1cccc(F)c1)C(=O)O. The van der Waals surface area contributed by atoms with Gasteiger partial charge in [-0.1, -0.05) is 31.9 Å². The average molecular weight is 297 g/mol. The summed E-state index contributed by atoms with van der Waals surface area (Å²) in [6.07, 6.45) is 0.378. The summed E-state index contributed by atoms with van der Waals surface area (Å²) in [6, 6.07) is 4.36. The number of carboxylic acids is 1. The van der Waals surface area contributed by atoms with Gasteiger partial charge in [0.25, 0.3) is 0 Å². The summed E-state index contributed by atoms with van der Waals surface area (Å²) < 4.78 is 13.0. The first-order chi connectivity index (χ1) is 9.93. The number of carbonyl (C=O) groups is 2. The van der Waals surface area contributed by atoms with Gasteiger partial charge in [0, 0.05) is 0 Å². The predicted octanol–water partition coefficient (Wildman–Crippen LogP) is 2.01. The quantitative estimate of drug-likeness (QED) is 0.685. The molecule has 0 heterocycles. The lowest BCUT2D eigenvalue weighted by atomic mass is 10.1. The average Bonchev–Trinajstić information content (AvgIpc) is 2.43. The topological polar surface area (TPSA) is 86.6 Å². The molecule has 1 rings (SSSR count). The molecule has 0 fully saturated rings. The first-order valence-electron chi connectivity index (χ1n) is 6.89. The Labute approximate surface area is 122 Å². The number of carboxylic acid groups (broad SMARTS) is 1. The smallest absolute Gasteiger partial charge is 0.326 e. The van der Waals surface area contributed by atoms with E-state index >= 15 is 0 Å². The van der Waals surface area contributed by atoms with Gasteiger partial charge in [-0.05, 0) is 24.1 Å². The number of hydrogen-bond donors (Lipinski definition) is 3. The molecule has 1 aromatic rings. The minimum absolute atomic E-state index is 0.283. The van der Waals surface area contributed by atoms with E-state index in [9.17, 15) is 19.1 Å². The molecule has 6 heteroatoms. The van der Waals surface area contributed by atoms with Gasteiger partial charge in [-0.15, -0.1) is 0 Å². The molecule has 1 unspecified atom stereocenters. The van der Waals surface area contributed by atoms with Crippen molar-refractivity contribution in [3.05, 3.63) is 35.6 Å². The van der Waals surface area contributed by atoms with Crippen LogP contribution < -0.4 is 5.32 Å². The molecule has 0 spiro atoms. The van der Waals surface area contributed by atoms with Crippen LogP contribution in [0, 0.1) is 5.82 Å². The molecule has 1 aromatic carbocycles. The number of benzene rings is 1. The molecular weight excluding hydrogens is 277 g/mol. The van der Waals surface area contributed by atoms with Crippen molar-refractivity contribution in [1.82, 2.24) is 5.32 Å². The molecule has 2 atom stereocenters. The van der Waals surface area contributed by atoms with Crippen molar-refractivity contribution in [2.45, 2.75) is 44.8 Å². The molecule has 3 N–H and O–H groups in total. The molecule has 0 radical (unpaired) electrons. The Morgan fingerprint density at radius 3 is 2.67 bits per heavy atom. The number of aliphatic hydroxyl groups excluding tert-OH is 1. The Morgan fingerprint density at radius 1 is 1.38 bits per heavy atom. The molecule has 116 valence electrons. The fourth-order valence-electron chi connectivity index (χ4n) is 1.93. The standard InChI is InChI=1S/C15H20FNO4/c1-2-3-7-12(15(20)21)17-14(19)9-13(18)10-5-4-6-11(16)8-10/h4-6,8,12-13,18H,2-3,7,9H2,1H3,(H,17,19)(H,20,21)/t12-,13?/m0/s1. The fourth-order valence-corrected chi connectivity index (χ4v) is 1.93. The Kier molecular flexibility index (Phi) is 6.81. The first-order valence-corrected chi connectivity index (χ1v) is 6.89. The lowest BCUT2D eigenvalue weighted by molar-refractivity contribution is -0.142. The highest BCUT2D eigenvalue weighted by Gasteiger charge is 2.21. The van der Waals surface area contributed by atoms with Gasteiger partial charge in [0.15, 0.2) is 0 Å². The minimum atomic E-state index is -1.17. The highest BCUT2D eigenvalue weighted by molar-refractivity contribution is 5.83. The van der Waals surface area contributed by atoms with Crippen molar-refractivity contribution in [2.24, 2.45) is 0 Å². The predicted molar refractivity (Wildman–Crippen MR) is 75.1 cm³/mol. The van der Waals surface area contributed by atoms with Crippen LogP contribution in [-0.4, -0.2) is 28.1 Å². The van der Waals surface area contributed by atoms with E-state index in [0.29, 0.717) is 12.8 Å². The zero-order chi connectivity index (χ0) is 15.8. The number of carbonyl (C=O) groups excluding carboxylic acids is 1. The summed E-state index contributed by atoms with van der Waals surface area (Å²) in [5.74, 6) is -2.18. The van der Waals surface area contributed by atoms with E-state index < -0.39 is 29.8 Å². The summed E-state index contributed by atoms with van der Waals surface area (Å²) in [7, 11) is 0. The van der Waals surface area contributed by atoms with Gasteiger partial charge in [-0.2, -0.15) is 0 Å². The Hall–Kier alpha value is -1.95. The zero-order valence-electron chi connectivity index (χ0n) is 11.9.